The van der Waals surface area contributed by atoms with Crippen LogP contribution < -0.4 is 16.3 Å². The second kappa shape index (κ2) is 7.59. The SMILES string of the molecule is [B]c1cc(C)cnc1Nc1c(C(=O)NOCC2CC2)cc(Cl)c(F)c1F. The van der Waals surface area contributed by atoms with Gasteiger partial charge in [-0.2, -0.15) is 0 Å². The van der Waals surface area contributed by atoms with Crippen LogP contribution in [0.25, 0.3) is 0 Å². The molecule has 1 amide bonds. The molecule has 1 aliphatic carbocycles. The first kappa shape index (κ1) is 18.6. The molecule has 1 aromatic carbocycles. The lowest BCUT2D eigenvalue weighted by atomic mass is 9.95. The average molecular weight is 378 g/mol. The molecule has 1 fully saturated rings. The molecule has 1 saturated carbocycles. The van der Waals surface area contributed by atoms with Crippen LogP contribution in [-0.4, -0.2) is 25.3 Å². The lowest BCUT2D eigenvalue weighted by Gasteiger charge is -2.15. The second-order valence-corrected chi connectivity index (χ2v) is 6.58. The first-order chi connectivity index (χ1) is 12.4. The molecule has 2 N–H and O–H groups in total. The van der Waals surface area contributed by atoms with E-state index in [1.54, 1.807) is 13.0 Å². The number of aryl methyl sites for hydroxylation is 1. The largest absolute Gasteiger partial charge is 0.338 e. The zero-order valence-corrected chi connectivity index (χ0v) is 14.7. The molecule has 0 atom stereocenters. The molecule has 0 saturated heterocycles. The van der Waals surface area contributed by atoms with E-state index in [0.717, 1.165) is 24.5 Å². The molecule has 0 bridgehead atoms. The molecule has 1 aromatic heterocycles. The number of nitrogens with one attached hydrogen (secondary N) is 2. The van der Waals surface area contributed by atoms with Crippen molar-refractivity contribution in [2.24, 2.45) is 5.92 Å². The van der Waals surface area contributed by atoms with Crippen LogP contribution in [0, 0.1) is 24.5 Å². The number of anilines is 2. The fourth-order valence-corrected chi connectivity index (χ4v) is 2.47. The van der Waals surface area contributed by atoms with Gasteiger partial charge in [-0.3, -0.25) is 9.63 Å². The zero-order chi connectivity index (χ0) is 18.8. The number of rotatable bonds is 6. The highest BCUT2D eigenvalue weighted by molar-refractivity contribution is 6.35. The molecule has 26 heavy (non-hydrogen) atoms. The molecule has 2 aromatic rings. The van der Waals surface area contributed by atoms with Crippen LogP contribution in [-0.2, 0) is 4.84 Å². The number of amides is 1. The second-order valence-electron chi connectivity index (χ2n) is 6.17. The molecular formula is C17H15BClF2N3O2. The van der Waals surface area contributed by atoms with Crippen molar-refractivity contribution in [1.29, 1.82) is 0 Å². The monoisotopic (exact) mass is 377 g/mol. The standard InChI is InChI=1S/C17H15BClF2N3O2/c1-8-4-11(18)16(22-6-8)23-15-10(5-12(19)13(20)14(15)21)17(25)24-26-7-9-2-3-9/h4-6,9H,2-3,7H2,1H3,(H,22,23)(H,24,25). The highest BCUT2D eigenvalue weighted by Crippen LogP contribution is 2.31. The Labute approximate surface area is 155 Å². The van der Waals surface area contributed by atoms with Crippen molar-refractivity contribution in [2.45, 2.75) is 19.8 Å². The Morgan fingerprint density at radius 2 is 2.12 bits per heavy atom. The molecule has 1 aliphatic rings. The summed E-state index contributed by atoms with van der Waals surface area (Å²) in [6.07, 6.45) is 3.58. The summed E-state index contributed by atoms with van der Waals surface area (Å²) < 4.78 is 28.3. The van der Waals surface area contributed by atoms with Gasteiger partial charge in [0.15, 0.2) is 11.6 Å². The van der Waals surface area contributed by atoms with Gasteiger partial charge in [-0.15, -0.1) is 0 Å². The average Bonchev–Trinajstić information content (AvgIpc) is 3.41. The molecule has 0 unspecified atom stereocenters. The fourth-order valence-electron chi connectivity index (χ4n) is 2.28. The van der Waals surface area contributed by atoms with Crippen LogP contribution >= 0.6 is 11.6 Å². The van der Waals surface area contributed by atoms with Gasteiger partial charge in [-0.25, -0.2) is 19.2 Å². The van der Waals surface area contributed by atoms with Crippen molar-refractivity contribution in [1.82, 2.24) is 10.5 Å². The van der Waals surface area contributed by atoms with E-state index in [-0.39, 0.29) is 16.8 Å². The Morgan fingerprint density at radius 1 is 1.38 bits per heavy atom. The van der Waals surface area contributed by atoms with Gasteiger partial charge in [0.05, 0.1) is 22.9 Å². The van der Waals surface area contributed by atoms with E-state index in [2.05, 4.69) is 15.8 Å². The Bertz CT molecular complexity index is 862. The molecule has 1 heterocycles. The summed E-state index contributed by atoms with van der Waals surface area (Å²) in [7, 11) is 5.84. The first-order valence-electron chi connectivity index (χ1n) is 7.95. The van der Waals surface area contributed by atoms with E-state index in [1.165, 1.54) is 6.20 Å². The third-order valence-corrected chi connectivity index (χ3v) is 4.16. The van der Waals surface area contributed by atoms with Crippen molar-refractivity contribution in [3.05, 3.63) is 46.1 Å². The van der Waals surface area contributed by atoms with Crippen LogP contribution in [0.15, 0.2) is 18.3 Å². The number of benzene rings is 1. The highest BCUT2D eigenvalue weighted by atomic mass is 35.5. The smallest absolute Gasteiger partial charge is 0.277 e. The summed E-state index contributed by atoms with van der Waals surface area (Å²) in [5.41, 5.74) is 2.57. The van der Waals surface area contributed by atoms with E-state index in [1.807, 2.05) is 0 Å². The fraction of sp³-hybridized carbons (Fsp3) is 0.294. The third kappa shape index (κ3) is 4.13. The maximum atomic E-state index is 14.4. The summed E-state index contributed by atoms with van der Waals surface area (Å²) in [5.74, 6) is -2.86. The number of hydroxylamine groups is 1. The summed E-state index contributed by atoms with van der Waals surface area (Å²) in [5, 5.41) is 2.05. The van der Waals surface area contributed by atoms with Gasteiger partial charge in [0.2, 0.25) is 0 Å². The van der Waals surface area contributed by atoms with E-state index < -0.39 is 28.3 Å². The lowest BCUT2D eigenvalue weighted by Crippen LogP contribution is -2.26. The van der Waals surface area contributed by atoms with E-state index in [9.17, 15) is 13.6 Å². The van der Waals surface area contributed by atoms with E-state index in [0.29, 0.717) is 12.5 Å². The summed E-state index contributed by atoms with van der Waals surface area (Å²) in [6.45, 7) is 2.14. The Balaban J connectivity index is 1.90. The number of hydrogen-bond acceptors (Lipinski definition) is 4. The van der Waals surface area contributed by atoms with Gasteiger partial charge in [0.25, 0.3) is 5.91 Å². The normalized spacial score (nSPS) is 13.5. The predicted molar refractivity (Wildman–Crippen MR) is 95.2 cm³/mol. The molecule has 9 heteroatoms. The number of pyridine rings is 1. The first-order valence-corrected chi connectivity index (χ1v) is 8.33. The minimum atomic E-state index is -1.31. The lowest BCUT2D eigenvalue weighted by molar-refractivity contribution is 0.0270. The molecule has 134 valence electrons. The summed E-state index contributed by atoms with van der Waals surface area (Å²) in [4.78, 5) is 21.5. The van der Waals surface area contributed by atoms with Crippen molar-refractivity contribution < 1.29 is 18.4 Å². The van der Waals surface area contributed by atoms with Gasteiger partial charge in [-0.1, -0.05) is 23.1 Å². The van der Waals surface area contributed by atoms with E-state index in [4.69, 9.17) is 24.3 Å². The van der Waals surface area contributed by atoms with Crippen molar-refractivity contribution in [3.8, 4) is 0 Å². The van der Waals surface area contributed by atoms with Crippen LogP contribution in [0.5, 0.6) is 0 Å². The van der Waals surface area contributed by atoms with Crippen molar-refractivity contribution in [3.63, 3.8) is 0 Å². The van der Waals surface area contributed by atoms with Gasteiger partial charge >= 0.3 is 0 Å². The van der Waals surface area contributed by atoms with Crippen LogP contribution in [0.4, 0.5) is 20.3 Å². The van der Waals surface area contributed by atoms with Crippen LogP contribution in [0.1, 0.15) is 28.8 Å². The Morgan fingerprint density at radius 3 is 2.77 bits per heavy atom. The number of carbonyl (C=O) groups excluding carboxylic acids is 1. The van der Waals surface area contributed by atoms with Crippen LogP contribution in [0.2, 0.25) is 5.02 Å². The molecular weight excluding hydrogens is 362 g/mol. The van der Waals surface area contributed by atoms with Gasteiger partial charge in [-0.05, 0) is 37.3 Å². The third-order valence-electron chi connectivity index (χ3n) is 3.89. The topological polar surface area (TPSA) is 63.2 Å². The number of nitrogens with zero attached hydrogens (tertiary/aromatic N) is 1. The number of hydrogen-bond donors (Lipinski definition) is 2. The minimum Gasteiger partial charge on any atom is -0.338 e. The maximum Gasteiger partial charge on any atom is 0.277 e. The molecule has 0 spiro atoms. The van der Waals surface area contributed by atoms with Crippen molar-refractivity contribution >= 4 is 42.3 Å². The number of carbonyl (C=O) groups is 1. The quantitative estimate of drug-likeness (QED) is 0.462. The summed E-state index contributed by atoms with van der Waals surface area (Å²) >= 11 is 5.68. The molecule has 0 aliphatic heterocycles. The highest BCUT2D eigenvalue weighted by Gasteiger charge is 2.25. The Kier molecular flexibility index (Phi) is 5.43. The Hall–Kier alpha value is -2.19. The zero-order valence-electron chi connectivity index (χ0n) is 13.9. The van der Waals surface area contributed by atoms with Gasteiger partial charge in [0, 0.05) is 6.20 Å². The maximum absolute atomic E-state index is 14.4. The van der Waals surface area contributed by atoms with Gasteiger partial charge in [0.1, 0.15) is 13.7 Å². The van der Waals surface area contributed by atoms with Gasteiger partial charge < -0.3 is 5.32 Å². The molecule has 3 rings (SSSR count). The number of halogens is 3. The van der Waals surface area contributed by atoms with Crippen LogP contribution in [0.3, 0.4) is 0 Å². The predicted octanol–water partition coefficient (Wildman–Crippen LogP) is 2.93. The minimum absolute atomic E-state index is 0.0872. The number of aromatic nitrogens is 1. The summed E-state index contributed by atoms with van der Waals surface area (Å²) in [6, 6.07) is 2.63. The molecule has 2 radical (unpaired) electrons. The molecule has 5 nitrogen and oxygen atoms in total. The van der Waals surface area contributed by atoms with Crippen molar-refractivity contribution in [2.75, 3.05) is 11.9 Å². The van der Waals surface area contributed by atoms with E-state index >= 15 is 0 Å².